The number of rotatable bonds is 4. The third-order valence-electron chi connectivity index (χ3n) is 2.34. The zero-order valence-electron chi connectivity index (χ0n) is 9.28. The summed E-state index contributed by atoms with van der Waals surface area (Å²) in [5, 5.41) is 17.0. The van der Waals surface area contributed by atoms with Crippen molar-refractivity contribution in [3.05, 3.63) is 11.6 Å². The van der Waals surface area contributed by atoms with E-state index in [1.807, 2.05) is 6.08 Å². The summed E-state index contributed by atoms with van der Waals surface area (Å²) < 4.78 is 0. The van der Waals surface area contributed by atoms with Crippen LogP contribution in [0, 0.1) is 23.2 Å². The monoisotopic (exact) mass is 191 g/mol. The molecule has 0 saturated carbocycles. The first-order chi connectivity index (χ1) is 6.50. The molecule has 0 aromatic heterocycles. The van der Waals surface area contributed by atoms with E-state index in [0.717, 1.165) is 12.0 Å². The largest absolute Gasteiger partial charge is 0.212 e. The molecule has 3 heteroatoms. The van der Waals surface area contributed by atoms with E-state index in [1.54, 1.807) is 0 Å². The van der Waals surface area contributed by atoms with Crippen molar-refractivity contribution in [1.82, 2.24) is 0 Å². The predicted octanol–water partition coefficient (Wildman–Crippen LogP) is 3.30. The molecule has 0 aliphatic carbocycles. The van der Waals surface area contributed by atoms with Crippen molar-refractivity contribution in [3.63, 3.8) is 0 Å². The van der Waals surface area contributed by atoms with E-state index >= 15 is 0 Å². The Hall–Kier alpha value is -1.17. The first kappa shape index (κ1) is 10.9. The third kappa shape index (κ3) is 2.41. The van der Waals surface area contributed by atoms with Crippen LogP contribution >= 0.6 is 0 Å². The lowest BCUT2D eigenvalue weighted by Gasteiger charge is -2.11. The second-order valence-electron chi connectivity index (χ2n) is 4.52. The normalized spacial score (nSPS) is 18.8. The van der Waals surface area contributed by atoms with E-state index in [0.29, 0.717) is 11.8 Å². The average molecular weight is 191 g/mol. The van der Waals surface area contributed by atoms with Crippen molar-refractivity contribution in [2.75, 3.05) is 0 Å². The summed E-state index contributed by atoms with van der Waals surface area (Å²) in [7, 11) is 0. The highest BCUT2D eigenvalue weighted by molar-refractivity contribution is 5.28. The Morgan fingerprint density at radius 2 is 1.93 bits per heavy atom. The summed E-state index contributed by atoms with van der Waals surface area (Å²) in [5.74, 6) is 0.849. The molecular formula is C11H17N3. The van der Waals surface area contributed by atoms with Gasteiger partial charge in [0, 0.05) is 11.5 Å². The molecule has 0 atom stereocenters. The molecule has 0 unspecified atom stereocenters. The van der Waals surface area contributed by atoms with E-state index < -0.39 is 0 Å². The van der Waals surface area contributed by atoms with Crippen LogP contribution in [0.15, 0.2) is 21.9 Å². The van der Waals surface area contributed by atoms with E-state index in [9.17, 15) is 0 Å². The average Bonchev–Trinajstić information content (AvgIpc) is 2.83. The molecule has 0 fully saturated rings. The topological polar surface area (TPSA) is 48.5 Å². The molecule has 0 spiro atoms. The number of hydrogen-bond donors (Lipinski definition) is 0. The first-order valence-electron chi connectivity index (χ1n) is 5.06. The Morgan fingerprint density at radius 3 is 2.21 bits per heavy atom. The van der Waals surface area contributed by atoms with Crippen molar-refractivity contribution >= 4 is 0 Å². The smallest absolute Gasteiger partial charge is 0.193 e. The molecule has 0 N–H and O–H groups in total. The van der Waals surface area contributed by atoms with Gasteiger partial charge in [-0.3, -0.25) is 0 Å². The number of hydrogen-bond acceptors (Lipinski definition) is 3. The second-order valence-corrected chi connectivity index (χ2v) is 4.52. The van der Waals surface area contributed by atoms with Gasteiger partial charge < -0.3 is 0 Å². The van der Waals surface area contributed by atoms with Gasteiger partial charge in [-0.25, -0.2) is 0 Å². The summed E-state index contributed by atoms with van der Waals surface area (Å²) in [6.45, 7) is 8.35. The summed E-state index contributed by atoms with van der Waals surface area (Å²) in [6.07, 6.45) is 2.73. The maximum Gasteiger partial charge on any atom is 0.212 e. The van der Waals surface area contributed by atoms with Gasteiger partial charge in [-0.05, 0) is 18.4 Å². The molecule has 0 bridgehead atoms. The highest BCUT2D eigenvalue weighted by Crippen LogP contribution is 2.38. The minimum Gasteiger partial charge on any atom is -0.193 e. The molecule has 0 aromatic carbocycles. The van der Waals surface area contributed by atoms with Crippen molar-refractivity contribution in [2.45, 2.75) is 39.8 Å². The molecule has 1 aliphatic rings. The van der Waals surface area contributed by atoms with Crippen LogP contribution in [-0.4, -0.2) is 5.66 Å². The van der Waals surface area contributed by atoms with Crippen molar-refractivity contribution in [1.29, 1.82) is 5.26 Å². The summed E-state index contributed by atoms with van der Waals surface area (Å²) in [6, 6.07) is 2.23. The van der Waals surface area contributed by atoms with Crippen molar-refractivity contribution < 1.29 is 0 Å². The molecular weight excluding hydrogens is 174 g/mol. The predicted molar refractivity (Wildman–Crippen MR) is 55.6 cm³/mol. The van der Waals surface area contributed by atoms with Crippen LogP contribution in [0.2, 0.25) is 0 Å². The molecule has 0 amide bonds. The molecule has 1 rings (SSSR count). The fraction of sp³-hybridized carbons (Fsp3) is 0.727. The Labute approximate surface area is 85.5 Å². The van der Waals surface area contributed by atoms with Gasteiger partial charge in [-0.2, -0.15) is 15.5 Å². The van der Waals surface area contributed by atoms with Crippen molar-refractivity contribution in [3.8, 4) is 6.07 Å². The second kappa shape index (κ2) is 3.91. The fourth-order valence-electron chi connectivity index (χ4n) is 1.35. The SMILES string of the molecule is CC(C)C/C(C#N)=C/C1(C(C)C)N=N1. The van der Waals surface area contributed by atoms with Crippen LogP contribution in [0.1, 0.15) is 34.1 Å². The Kier molecular flexibility index (Phi) is 3.05. The quantitative estimate of drug-likeness (QED) is 0.629. The van der Waals surface area contributed by atoms with E-state index in [1.165, 1.54) is 0 Å². The number of allylic oxidation sites excluding steroid dienone is 1. The molecule has 0 aromatic rings. The molecule has 3 nitrogen and oxygen atoms in total. The highest BCUT2D eigenvalue weighted by Gasteiger charge is 2.41. The zero-order valence-corrected chi connectivity index (χ0v) is 9.28. The summed E-state index contributed by atoms with van der Waals surface area (Å²) in [5.41, 5.74) is 0.429. The summed E-state index contributed by atoms with van der Waals surface area (Å²) >= 11 is 0. The van der Waals surface area contributed by atoms with Gasteiger partial charge in [0.25, 0.3) is 0 Å². The van der Waals surface area contributed by atoms with Crippen LogP contribution in [0.25, 0.3) is 0 Å². The van der Waals surface area contributed by atoms with Gasteiger partial charge in [0.2, 0.25) is 5.66 Å². The maximum atomic E-state index is 8.95. The van der Waals surface area contributed by atoms with Crippen LogP contribution in [0.5, 0.6) is 0 Å². The van der Waals surface area contributed by atoms with Gasteiger partial charge >= 0.3 is 0 Å². The van der Waals surface area contributed by atoms with Crippen LogP contribution in [-0.2, 0) is 0 Å². The standard InChI is InChI=1S/C11H17N3/c1-8(2)5-10(7-12)6-11(9(3)4)13-14-11/h6,8-9H,5H2,1-4H3/b10-6-. The van der Waals surface area contributed by atoms with E-state index in [-0.39, 0.29) is 5.66 Å². The molecule has 1 aliphatic heterocycles. The van der Waals surface area contributed by atoms with Crippen LogP contribution in [0.4, 0.5) is 0 Å². The molecule has 0 saturated heterocycles. The van der Waals surface area contributed by atoms with Crippen LogP contribution < -0.4 is 0 Å². The highest BCUT2D eigenvalue weighted by atomic mass is 15.4. The van der Waals surface area contributed by atoms with Gasteiger partial charge in [0.15, 0.2) is 0 Å². The van der Waals surface area contributed by atoms with E-state index in [2.05, 4.69) is 44.0 Å². The van der Waals surface area contributed by atoms with Gasteiger partial charge in [0.05, 0.1) is 6.07 Å². The lowest BCUT2D eigenvalue weighted by Crippen LogP contribution is -2.16. The van der Waals surface area contributed by atoms with Gasteiger partial charge in [-0.15, -0.1) is 0 Å². The minimum absolute atomic E-state index is 0.345. The Bertz CT molecular complexity index is 299. The Balaban J connectivity index is 2.70. The van der Waals surface area contributed by atoms with Gasteiger partial charge in [-0.1, -0.05) is 27.7 Å². The molecule has 0 radical (unpaired) electrons. The summed E-state index contributed by atoms with van der Waals surface area (Å²) in [4.78, 5) is 0. The fourth-order valence-corrected chi connectivity index (χ4v) is 1.35. The van der Waals surface area contributed by atoms with Crippen molar-refractivity contribution in [2.24, 2.45) is 22.1 Å². The Morgan fingerprint density at radius 1 is 1.36 bits per heavy atom. The molecule has 1 heterocycles. The van der Waals surface area contributed by atoms with E-state index in [4.69, 9.17) is 5.26 Å². The molecule has 76 valence electrons. The van der Waals surface area contributed by atoms with Gasteiger partial charge in [0.1, 0.15) is 0 Å². The van der Waals surface area contributed by atoms with Crippen LogP contribution in [0.3, 0.4) is 0 Å². The lowest BCUT2D eigenvalue weighted by atomic mass is 9.94. The first-order valence-corrected chi connectivity index (χ1v) is 5.06. The lowest BCUT2D eigenvalue weighted by molar-refractivity contribution is 0.511. The number of nitrogens with zero attached hydrogens (tertiary/aromatic N) is 3. The number of nitriles is 1. The maximum absolute atomic E-state index is 8.95. The molecule has 14 heavy (non-hydrogen) atoms. The minimum atomic E-state index is -0.375. The zero-order chi connectivity index (χ0) is 10.8. The third-order valence-corrected chi connectivity index (χ3v) is 2.34.